The van der Waals surface area contributed by atoms with Crippen LogP contribution in [0.5, 0.6) is 34.5 Å². The summed E-state index contributed by atoms with van der Waals surface area (Å²) in [7, 11) is 9.77. The van der Waals surface area contributed by atoms with Crippen LogP contribution in [0.25, 0.3) is 33.4 Å². The largest absolute Gasteiger partial charge is 0.493 e. The fourth-order valence-corrected chi connectivity index (χ4v) is 6.10. The highest BCUT2D eigenvalue weighted by Gasteiger charge is 2.37. The lowest BCUT2D eigenvalue weighted by atomic mass is 9.94. The Morgan fingerprint density at radius 2 is 1.05 bits per heavy atom. The minimum atomic E-state index is 0.546. The van der Waals surface area contributed by atoms with Crippen molar-refractivity contribution in [2.45, 2.75) is 9.79 Å². The average Bonchev–Trinajstić information content (AvgIpc) is 3.19. The van der Waals surface area contributed by atoms with Crippen molar-refractivity contribution in [1.82, 2.24) is 0 Å². The van der Waals surface area contributed by atoms with Gasteiger partial charge in [-0.15, -0.1) is 0 Å². The zero-order valence-electron chi connectivity index (χ0n) is 21.6. The van der Waals surface area contributed by atoms with Gasteiger partial charge in [-0.2, -0.15) is 0 Å². The molecule has 4 aromatic carbocycles. The Morgan fingerprint density at radius 3 is 1.62 bits per heavy atom. The standard InChI is InChI=1S/C30H28O6S/c1-31-21-15-18(16-22(32-2)26(21)33-3)37-30-24-20-14-10-13-19(17-11-8-7-9-12-17)23(20)25(30)28(35-5)29(36-6)27(24)34-4/h7-16H,1-6H3. The van der Waals surface area contributed by atoms with Crippen molar-refractivity contribution in [2.75, 3.05) is 42.7 Å². The van der Waals surface area contributed by atoms with Gasteiger partial charge in [0, 0.05) is 26.5 Å². The maximum atomic E-state index is 6.00. The zero-order valence-corrected chi connectivity index (χ0v) is 22.4. The second-order valence-electron chi connectivity index (χ2n) is 8.24. The van der Waals surface area contributed by atoms with E-state index in [-0.39, 0.29) is 0 Å². The maximum Gasteiger partial charge on any atom is 0.204 e. The Labute approximate surface area is 221 Å². The lowest BCUT2D eigenvalue weighted by molar-refractivity contribution is 0.323. The smallest absolute Gasteiger partial charge is 0.204 e. The zero-order chi connectivity index (χ0) is 26.1. The molecular weight excluding hydrogens is 488 g/mol. The highest BCUT2D eigenvalue weighted by atomic mass is 32.2. The van der Waals surface area contributed by atoms with Crippen LogP contribution in [0.3, 0.4) is 0 Å². The summed E-state index contributed by atoms with van der Waals surface area (Å²) in [5, 5.41) is 0. The topological polar surface area (TPSA) is 55.4 Å². The van der Waals surface area contributed by atoms with Gasteiger partial charge in [0.25, 0.3) is 0 Å². The van der Waals surface area contributed by atoms with Crippen LogP contribution >= 0.6 is 11.8 Å². The molecule has 190 valence electrons. The highest BCUT2D eigenvalue weighted by molar-refractivity contribution is 7.99. The van der Waals surface area contributed by atoms with E-state index < -0.39 is 0 Å². The van der Waals surface area contributed by atoms with Gasteiger partial charge in [0.2, 0.25) is 11.5 Å². The molecule has 1 aliphatic rings. The molecule has 0 heterocycles. The quantitative estimate of drug-likeness (QED) is 0.205. The molecule has 0 aliphatic heterocycles. The van der Waals surface area contributed by atoms with Crippen LogP contribution in [-0.2, 0) is 0 Å². The molecule has 37 heavy (non-hydrogen) atoms. The van der Waals surface area contributed by atoms with E-state index in [1.807, 2.05) is 30.3 Å². The summed E-state index contributed by atoms with van der Waals surface area (Å²) in [5.74, 6) is 3.54. The van der Waals surface area contributed by atoms with Gasteiger partial charge < -0.3 is 28.4 Å². The first-order valence-corrected chi connectivity index (χ1v) is 12.5. The summed E-state index contributed by atoms with van der Waals surface area (Å²) in [6.07, 6.45) is 0. The summed E-state index contributed by atoms with van der Waals surface area (Å²) in [4.78, 5) is 1.92. The third kappa shape index (κ3) is 3.90. The number of ether oxygens (including phenoxy) is 6. The Morgan fingerprint density at radius 1 is 0.486 bits per heavy atom. The number of methoxy groups -OCH3 is 6. The lowest BCUT2D eigenvalue weighted by Crippen LogP contribution is -1.98. The van der Waals surface area contributed by atoms with Crippen molar-refractivity contribution in [2.24, 2.45) is 0 Å². The van der Waals surface area contributed by atoms with Crippen LogP contribution in [0, 0.1) is 0 Å². The van der Waals surface area contributed by atoms with Crippen molar-refractivity contribution in [3.8, 4) is 67.9 Å². The summed E-state index contributed by atoms with van der Waals surface area (Å²) in [6, 6.07) is 20.5. The van der Waals surface area contributed by atoms with Gasteiger partial charge in [-0.05, 0) is 28.8 Å². The molecule has 7 heteroatoms. The Kier molecular flexibility index (Phi) is 6.80. The molecule has 0 spiro atoms. The average molecular weight is 517 g/mol. The van der Waals surface area contributed by atoms with E-state index in [0.29, 0.717) is 34.5 Å². The number of fused-ring (bicyclic) bond motifs is 5. The SMILES string of the molecule is COc1cc(Sc2c3c(OC)c(OC)c(OC)c2-c2c(-c4ccccc4)cccc2-3)cc(OC)c1OC. The summed E-state index contributed by atoms with van der Waals surface area (Å²) in [5.41, 5.74) is 6.28. The minimum Gasteiger partial charge on any atom is -0.493 e. The van der Waals surface area contributed by atoms with E-state index >= 15 is 0 Å². The fraction of sp³-hybridized carbons (Fsp3) is 0.200. The highest BCUT2D eigenvalue weighted by Crippen LogP contribution is 2.65. The van der Waals surface area contributed by atoms with Crippen molar-refractivity contribution in [3.05, 3.63) is 60.7 Å². The van der Waals surface area contributed by atoms with Crippen LogP contribution in [0.2, 0.25) is 0 Å². The molecule has 6 nitrogen and oxygen atoms in total. The first kappa shape index (κ1) is 24.7. The summed E-state index contributed by atoms with van der Waals surface area (Å²) in [6.45, 7) is 0. The van der Waals surface area contributed by atoms with Crippen LogP contribution in [-0.4, -0.2) is 42.7 Å². The van der Waals surface area contributed by atoms with Crippen molar-refractivity contribution >= 4 is 11.8 Å². The number of benzene rings is 4. The summed E-state index contributed by atoms with van der Waals surface area (Å²) >= 11 is 1.59. The number of hydrogen-bond donors (Lipinski definition) is 0. The predicted molar refractivity (Wildman–Crippen MR) is 146 cm³/mol. The minimum absolute atomic E-state index is 0.546. The van der Waals surface area contributed by atoms with Crippen LogP contribution < -0.4 is 28.4 Å². The Balaban J connectivity index is 1.81. The van der Waals surface area contributed by atoms with Crippen LogP contribution in [0.15, 0.2) is 70.5 Å². The first-order chi connectivity index (χ1) is 18.1. The van der Waals surface area contributed by atoms with Gasteiger partial charge in [-0.1, -0.05) is 60.3 Å². The molecule has 0 unspecified atom stereocenters. The van der Waals surface area contributed by atoms with E-state index in [2.05, 4.69) is 30.3 Å². The van der Waals surface area contributed by atoms with Gasteiger partial charge in [0.1, 0.15) is 0 Å². The summed E-state index contributed by atoms with van der Waals surface area (Å²) < 4.78 is 34.5. The first-order valence-electron chi connectivity index (χ1n) is 11.6. The second-order valence-corrected chi connectivity index (χ2v) is 9.32. The second kappa shape index (κ2) is 10.2. The van der Waals surface area contributed by atoms with Gasteiger partial charge in [0.15, 0.2) is 23.0 Å². The molecule has 0 amide bonds. The molecule has 0 aromatic heterocycles. The molecular formula is C30H28O6S. The third-order valence-corrected chi connectivity index (χ3v) is 7.54. The van der Waals surface area contributed by atoms with E-state index in [1.165, 1.54) is 0 Å². The fourth-order valence-electron chi connectivity index (χ4n) is 4.93. The van der Waals surface area contributed by atoms with Crippen molar-refractivity contribution < 1.29 is 28.4 Å². The van der Waals surface area contributed by atoms with E-state index in [0.717, 1.165) is 43.2 Å². The Bertz CT molecular complexity index is 1440. The normalized spacial score (nSPS) is 11.1. The van der Waals surface area contributed by atoms with Crippen LogP contribution in [0.4, 0.5) is 0 Å². The molecule has 5 rings (SSSR count). The molecule has 0 fully saturated rings. The number of rotatable bonds is 9. The van der Waals surface area contributed by atoms with Gasteiger partial charge >= 0.3 is 0 Å². The van der Waals surface area contributed by atoms with E-state index in [1.54, 1.807) is 54.4 Å². The molecule has 0 saturated heterocycles. The lowest BCUT2D eigenvalue weighted by Gasteiger charge is -2.19. The van der Waals surface area contributed by atoms with Crippen LogP contribution in [0.1, 0.15) is 0 Å². The third-order valence-electron chi connectivity index (χ3n) is 6.46. The maximum absolute atomic E-state index is 6.00. The predicted octanol–water partition coefficient (Wildman–Crippen LogP) is 7.20. The van der Waals surface area contributed by atoms with Gasteiger partial charge in [-0.25, -0.2) is 0 Å². The molecule has 0 saturated carbocycles. The van der Waals surface area contributed by atoms with E-state index in [9.17, 15) is 0 Å². The van der Waals surface area contributed by atoms with Gasteiger partial charge in [-0.3, -0.25) is 0 Å². The molecule has 0 N–H and O–H groups in total. The molecule has 1 aliphatic carbocycles. The molecule has 0 atom stereocenters. The molecule has 4 aromatic rings. The number of hydrogen-bond acceptors (Lipinski definition) is 7. The molecule has 2 bridgehead atoms. The van der Waals surface area contributed by atoms with Gasteiger partial charge in [0.05, 0.1) is 42.7 Å². The van der Waals surface area contributed by atoms with E-state index in [4.69, 9.17) is 28.4 Å². The Hall–Kier alpha value is -3.97. The van der Waals surface area contributed by atoms with Crippen molar-refractivity contribution in [3.63, 3.8) is 0 Å². The monoisotopic (exact) mass is 516 g/mol. The molecule has 0 radical (unpaired) electrons. The van der Waals surface area contributed by atoms with Crippen molar-refractivity contribution in [1.29, 1.82) is 0 Å².